The zero-order valence-corrected chi connectivity index (χ0v) is 12.3. The number of aromatic nitrogens is 1. The number of ketones is 1. The van der Waals surface area contributed by atoms with Gasteiger partial charge in [-0.15, -0.1) is 0 Å². The van der Waals surface area contributed by atoms with Crippen molar-refractivity contribution in [1.29, 1.82) is 0 Å². The van der Waals surface area contributed by atoms with Gasteiger partial charge in [-0.05, 0) is 49.9 Å². The minimum Gasteiger partial charge on any atom is -0.478 e. The number of carboxylic acid groups (broad SMARTS) is 1. The third-order valence-corrected chi connectivity index (χ3v) is 4.08. The molecule has 0 amide bonds. The molecule has 4 nitrogen and oxygen atoms in total. The van der Waals surface area contributed by atoms with Gasteiger partial charge < -0.3 is 5.11 Å². The number of aryl methyl sites for hydroxylation is 2. The molecule has 2 rings (SSSR count). The average Bonchev–Trinajstić information content (AvgIpc) is 2.40. The molecule has 1 aromatic carbocycles. The Bertz CT molecular complexity index is 696. The number of pyridine rings is 1. The van der Waals surface area contributed by atoms with Crippen molar-refractivity contribution in [2.75, 3.05) is 0 Å². The predicted octanol–water partition coefficient (Wildman–Crippen LogP) is 3.37. The minimum atomic E-state index is -1.02. The maximum absolute atomic E-state index is 11.8. The highest BCUT2D eigenvalue weighted by molar-refractivity contribution is 6.13. The number of carbonyl (C=O) groups excluding carboxylic acids is 1. The van der Waals surface area contributed by atoms with Crippen molar-refractivity contribution >= 4 is 22.5 Å². The Morgan fingerprint density at radius 1 is 0.950 bits per heavy atom. The number of Topliss-reactive ketones (excluding diaryl/α,β-unsaturated/α-hetero) is 1. The van der Waals surface area contributed by atoms with Crippen molar-refractivity contribution in [3.8, 4) is 0 Å². The number of nitrogens with zero attached hydrogens (tertiary/aromatic N) is 1. The van der Waals surface area contributed by atoms with Crippen LogP contribution in [-0.4, -0.2) is 21.8 Å². The van der Waals surface area contributed by atoms with Gasteiger partial charge in [0.25, 0.3) is 0 Å². The number of rotatable bonds is 2. The third-order valence-electron chi connectivity index (χ3n) is 4.08. The van der Waals surface area contributed by atoms with Crippen LogP contribution in [0.2, 0.25) is 0 Å². The topological polar surface area (TPSA) is 67.3 Å². The summed E-state index contributed by atoms with van der Waals surface area (Å²) in [4.78, 5) is 27.3. The van der Waals surface area contributed by atoms with Crippen LogP contribution in [0.5, 0.6) is 0 Å². The quantitative estimate of drug-likeness (QED) is 0.850. The summed E-state index contributed by atoms with van der Waals surface area (Å²) in [6, 6.07) is 0. The lowest BCUT2D eigenvalue weighted by atomic mass is 9.88. The maximum Gasteiger partial charge on any atom is 0.337 e. The summed E-state index contributed by atoms with van der Waals surface area (Å²) in [5, 5.41) is 10.7. The monoisotopic (exact) mass is 271 g/mol. The van der Waals surface area contributed by atoms with Gasteiger partial charge in [0.05, 0.1) is 5.56 Å². The first-order valence-corrected chi connectivity index (χ1v) is 6.40. The molecule has 2 aromatic rings. The van der Waals surface area contributed by atoms with E-state index in [4.69, 9.17) is 0 Å². The molecule has 0 atom stereocenters. The molecule has 104 valence electrons. The number of carboxylic acids is 1. The molecule has 0 aliphatic rings. The molecule has 0 spiro atoms. The summed E-state index contributed by atoms with van der Waals surface area (Å²) >= 11 is 0. The molecule has 0 bridgehead atoms. The second-order valence-corrected chi connectivity index (χ2v) is 5.13. The fourth-order valence-corrected chi connectivity index (χ4v) is 2.63. The molecule has 1 aromatic heterocycles. The lowest BCUT2D eigenvalue weighted by Gasteiger charge is -2.17. The van der Waals surface area contributed by atoms with E-state index in [9.17, 15) is 14.7 Å². The third kappa shape index (κ3) is 1.88. The van der Waals surface area contributed by atoms with Gasteiger partial charge in [0.1, 0.15) is 5.69 Å². The highest BCUT2D eigenvalue weighted by atomic mass is 16.4. The Hall–Kier alpha value is -2.23. The van der Waals surface area contributed by atoms with E-state index in [2.05, 4.69) is 4.98 Å². The first-order chi connectivity index (χ1) is 9.27. The molecule has 1 N–H and O–H groups in total. The summed E-state index contributed by atoms with van der Waals surface area (Å²) in [6.07, 6.45) is 1.28. The van der Waals surface area contributed by atoms with Gasteiger partial charge in [0.15, 0.2) is 5.78 Å². The molecule has 0 fully saturated rings. The molecule has 0 radical (unpaired) electrons. The lowest BCUT2D eigenvalue weighted by molar-refractivity contribution is 0.0698. The second kappa shape index (κ2) is 4.71. The van der Waals surface area contributed by atoms with Gasteiger partial charge in [-0.1, -0.05) is 0 Å². The normalized spacial score (nSPS) is 10.8. The number of aromatic carboxylic acids is 1. The van der Waals surface area contributed by atoms with Gasteiger partial charge in [-0.2, -0.15) is 0 Å². The van der Waals surface area contributed by atoms with Crippen LogP contribution in [0.4, 0.5) is 0 Å². The van der Waals surface area contributed by atoms with Gasteiger partial charge in [-0.3, -0.25) is 9.78 Å². The van der Waals surface area contributed by atoms with Crippen LogP contribution in [0.1, 0.15) is 50.0 Å². The van der Waals surface area contributed by atoms with Gasteiger partial charge in [0, 0.05) is 23.9 Å². The van der Waals surface area contributed by atoms with E-state index in [0.717, 1.165) is 22.3 Å². The van der Waals surface area contributed by atoms with E-state index in [1.165, 1.54) is 13.1 Å². The predicted molar refractivity (Wildman–Crippen MR) is 77.7 cm³/mol. The van der Waals surface area contributed by atoms with Crippen LogP contribution in [0.15, 0.2) is 6.20 Å². The highest BCUT2D eigenvalue weighted by Gasteiger charge is 2.21. The fourth-order valence-electron chi connectivity index (χ4n) is 2.63. The number of benzene rings is 1. The van der Waals surface area contributed by atoms with E-state index in [1.54, 1.807) is 0 Å². The smallest absolute Gasteiger partial charge is 0.337 e. The number of fused-ring (bicyclic) bond motifs is 1. The van der Waals surface area contributed by atoms with Crippen LogP contribution in [0.25, 0.3) is 10.8 Å². The zero-order chi connectivity index (χ0) is 15.2. The largest absolute Gasteiger partial charge is 0.478 e. The van der Waals surface area contributed by atoms with E-state index in [1.807, 2.05) is 27.7 Å². The van der Waals surface area contributed by atoms with E-state index in [-0.39, 0.29) is 11.3 Å². The molecule has 20 heavy (non-hydrogen) atoms. The summed E-state index contributed by atoms with van der Waals surface area (Å²) in [7, 11) is 0. The van der Waals surface area contributed by atoms with Crippen molar-refractivity contribution < 1.29 is 14.7 Å². The molecule has 0 saturated carbocycles. The average molecular weight is 271 g/mol. The SMILES string of the molecule is CC(=O)c1ncc(C(=O)O)c2c(C)c(C)c(C)c(C)c12. The first-order valence-electron chi connectivity index (χ1n) is 6.40. The van der Waals surface area contributed by atoms with Gasteiger partial charge in [0.2, 0.25) is 0 Å². The minimum absolute atomic E-state index is 0.147. The molecule has 0 unspecified atom stereocenters. The lowest BCUT2D eigenvalue weighted by Crippen LogP contribution is -2.08. The fraction of sp³-hybridized carbons (Fsp3) is 0.312. The summed E-state index contributed by atoms with van der Waals surface area (Å²) < 4.78 is 0. The van der Waals surface area contributed by atoms with Crippen molar-refractivity contribution in [3.05, 3.63) is 39.7 Å². The van der Waals surface area contributed by atoms with Crippen molar-refractivity contribution in [2.45, 2.75) is 34.6 Å². The second-order valence-electron chi connectivity index (χ2n) is 5.13. The Labute approximate surface area is 117 Å². The Balaban J connectivity index is 3.17. The van der Waals surface area contributed by atoms with Crippen molar-refractivity contribution in [3.63, 3.8) is 0 Å². The number of hydrogen-bond donors (Lipinski definition) is 1. The Kier molecular flexibility index (Phi) is 3.34. The summed E-state index contributed by atoms with van der Waals surface area (Å²) in [6.45, 7) is 9.20. The van der Waals surface area contributed by atoms with Crippen LogP contribution < -0.4 is 0 Å². The number of carbonyl (C=O) groups is 2. The molecule has 4 heteroatoms. The molecule has 0 aliphatic carbocycles. The molecule has 0 aliphatic heterocycles. The van der Waals surface area contributed by atoms with Gasteiger partial charge in [-0.25, -0.2) is 4.79 Å². The van der Waals surface area contributed by atoms with Crippen LogP contribution in [0.3, 0.4) is 0 Å². The van der Waals surface area contributed by atoms with E-state index >= 15 is 0 Å². The molecule has 1 heterocycles. The van der Waals surface area contributed by atoms with Crippen molar-refractivity contribution in [2.24, 2.45) is 0 Å². The number of hydrogen-bond acceptors (Lipinski definition) is 3. The summed E-state index contributed by atoms with van der Waals surface area (Å²) in [5.41, 5.74) is 4.43. The van der Waals surface area contributed by atoms with E-state index < -0.39 is 5.97 Å². The summed E-state index contributed by atoms with van der Waals surface area (Å²) in [5.74, 6) is -1.18. The maximum atomic E-state index is 11.8. The molecule has 0 saturated heterocycles. The first kappa shape index (κ1) is 14.2. The zero-order valence-electron chi connectivity index (χ0n) is 12.3. The van der Waals surface area contributed by atoms with Crippen LogP contribution >= 0.6 is 0 Å². The Morgan fingerprint density at radius 3 is 1.90 bits per heavy atom. The highest BCUT2D eigenvalue weighted by Crippen LogP contribution is 2.33. The van der Waals surface area contributed by atoms with Gasteiger partial charge >= 0.3 is 5.97 Å². The standard InChI is InChI=1S/C16H17NO3/c1-7-8(2)10(4)14-13(9(7)3)12(16(19)20)6-17-15(14)11(5)18/h6H,1-5H3,(H,19,20). The van der Waals surface area contributed by atoms with E-state index in [0.29, 0.717) is 16.5 Å². The molecular weight excluding hydrogens is 254 g/mol. The van der Waals surface area contributed by atoms with Crippen LogP contribution in [-0.2, 0) is 0 Å². The van der Waals surface area contributed by atoms with Crippen LogP contribution in [0, 0.1) is 27.7 Å². The van der Waals surface area contributed by atoms with Crippen molar-refractivity contribution in [1.82, 2.24) is 4.98 Å². The molecular formula is C16H17NO3. The Morgan fingerprint density at radius 2 is 1.45 bits per heavy atom.